The molecule has 0 N–H and O–H groups in total. The Kier molecular flexibility index (Phi) is 7.80. The van der Waals surface area contributed by atoms with E-state index in [0.29, 0.717) is 0 Å². The van der Waals surface area contributed by atoms with Crippen LogP contribution in [0.2, 0.25) is 0 Å². The minimum Gasteiger partial charge on any atom is -0.377 e. The molecular formula is C54H40N2S. The minimum absolute atomic E-state index is 1.11. The molecule has 0 radical (unpaired) electrons. The van der Waals surface area contributed by atoms with Crippen LogP contribution in [0.5, 0.6) is 0 Å². The fourth-order valence-electron chi connectivity index (χ4n) is 9.31. The average Bonchev–Trinajstić information content (AvgIpc) is 3.90. The van der Waals surface area contributed by atoms with Crippen LogP contribution in [0.4, 0.5) is 5.69 Å². The summed E-state index contributed by atoms with van der Waals surface area (Å²) < 4.78 is 5.12. The molecule has 11 aromatic rings. The van der Waals surface area contributed by atoms with Crippen molar-refractivity contribution in [2.24, 2.45) is 0 Å². The molecule has 0 fully saturated rings. The first kappa shape index (κ1) is 33.6. The Morgan fingerprint density at radius 2 is 1.09 bits per heavy atom. The molecule has 1 aliphatic rings. The van der Waals surface area contributed by atoms with Crippen molar-refractivity contribution >= 4 is 80.5 Å². The summed E-state index contributed by atoms with van der Waals surface area (Å²) in [7, 11) is 4.16. The van der Waals surface area contributed by atoms with Crippen molar-refractivity contribution in [3.05, 3.63) is 181 Å². The zero-order valence-corrected chi connectivity index (χ0v) is 33.1. The molecule has 1 aliphatic carbocycles. The number of aryl methyl sites for hydroxylation is 1. The molecule has 0 aliphatic heterocycles. The van der Waals surface area contributed by atoms with E-state index in [-0.39, 0.29) is 0 Å². The third-order valence-electron chi connectivity index (χ3n) is 12.0. The number of hydrogen-bond acceptors (Lipinski definition) is 2. The molecule has 2 heterocycles. The third-order valence-corrected chi connectivity index (χ3v) is 13.1. The van der Waals surface area contributed by atoms with Crippen LogP contribution in [0.15, 0.2) is 176 Å². The Labute approximate surface area is 336 Å². The van der Waals surface area contributed by atoms with Gasteiger partial charge in [0.05, 0.1) is 11.0 Å². The second-order valence-corrected chi connectivity index (χ2v) is 16.5. The molecule has 0 atom stereocenters. The van der Waals surface area contributed by atoms with Gasteiger partial charge in [0.25, 0.3) is 0 Å². The van der Waals surface area contributed by atoms with Crippen molar-refractivity contribution in [3.8, 4) is 39.1 Å². The highest BCUT2D eigenvalue weighted by Crippen LogP contribution is 2.49. The molecular weight excluding hydrogens is 709 g/mol. The Morgan fingerprint density at radius 1 is 0.456 bits per heavy atom. The van der Waals surface area contributed by atoms with Crippen LogP contribution in [0, 0.1) is 0 Å². The van der Waals surface area contributed by atoms with Crippen LogP contribution < -0.4 is 4.90 Å². The first-order valence-electron chi connectivity index (χ1n) is 19.9. The molecule has 12 rings (SSSR count). The number of rotatable bonds is 4. The number of benzene rings is 9. The predicted molar refractivity (Wildman–Crippen MR) is 249 cm³/mol. The van der Waals surface area contributed by atoms with Gasteiger partial charge in [0, 0.05) is 56.4 Å². The van der Waals surface area contributed by atoms with Crippen molar-refractivity contribution in [2.75, 3.05) is 19.0 Å². The Hall–Kier alpha value is -6.68. The van der Waals surface area contributed by atoms with Crippen molar-refractivity contribution in [1.82, 2.24) is 4.57 Å². The van der Waals surface area contributed by atoms with Gasteiger partial charge in [0.1, 0.15) is 0 Å². The summed E-state index contributed by atoms with van der Waals surface area (Å²) in [6, 6.07) is 65.0. The lowest BCUT2D eigenvalue weighted by Gasteiger charge is -2.15. The highest BCUT2D eigenvalue weighted by molar-refractivity contribution is 7.25. The van der Waals surface area contributed by atoms with Gasteiger partial charge in [-0.3, -0.25) is 0 Å². The summed E-state index contributed by atoms with van der Waals surface area (Å²) in [4.78, 5) is 2.15. The summed E-state index contributed by atoms with van der Waals surface area (Å²) in [6.07, 6.45) is 1.11. The van der Waals surface area contributed by atoms with E-state index in [1.807, 2.05) is 11.3 Å². The summed E-state index contributed by atoms with van der Waals surface area (Å²) >= 11 is 1.88. The number of fused-ring (bicyclic) bond motifs is 10. The molecule has 2 nitrogen and oxygen atoms in total. The maximum Gasteiger partial charge on any atom is 0.0547 e. The van der Waals surface area contributed by atoms with Gasteiger partial charge in [-0.25, -0.2) is 0 Å². The maximum atomic E-state index is 2.44. The lowest BCUT2D eigenvalue weighted by atomic mass is 9.94. The highest BCUT2D eigenvalue weighted by atomic mass is 32.1. The Bertz CT molecular complexity index is 3330. The van der Waals surface area contributed by atoms with E-state index in [1.54, 1.807) is 0 Å². The number of thiophene rings is 1. The predicted octanol–water partition coefficient (Wildman–Crippen LogP) is 15.1. The van der Waals surface area contributed by atoms with E-state index < -0.39 is 0 Å². The van der Waals surface area contributed by atoms with E-state index in [4.69, 9.17) is 0 Å². The Morgan fingerprint density at radius 3 is 1.88 bits per heavy atom. The number of anilines is 1. The molecule has 272 valence electrons. The zero-order chi connectivity index (χ0) is 38.2. The summed E-state index contributed by atoms with van der Waals surface area (Å²) in [6.45, 7) is 2.18. The molecule has 2 aromatic heterocycles. The van der Waals surface area contributed by atoms with Crippen LogP contribution in [0.25, 0.3) is 103 Å². The number of nitrogens with zero attached hydrogens (tertiary/aromatic N) is 2. The molecule has 3 heteroatoms. The van der Waals surface area contributed by atoms with Crippen LogP contribution in [0.1, 0.15) is 12.5 Å². The maximum absolute atomic E-state index is 2.44. The van der Waals surface area contributed by atoms with Crippen LogP contribution in [0.3, 0.4) is 0 Å². The van der Waals surface area contributed by atoms with Gasteiger partial charge in [-0.15, -0.1) is 11.3 Å². The SMILES string of the molecule is CCc1ccccc1N(C)C.c1ccc2c(c1)-c1cccc3c(-c4ccc(-n5c6ccccc6c6cc7cc8c(cc7cc65)sc5ccccc58)cc4)ccc-2c13. The molecule has 0 saturated heterocycles. The normalized spacial score (nSPS) is 11.8. The first-order chi connectivity index (χ1) is 28.1. The Balaban J connectivity index is 0.000000298. The van der Waals surface area contributed by atoms with Gasteiger partial charge in [-0.05, 0) is 122 Å². The minimum atomic E-state index is 1.11. The molecule has 0 spiro atoms. The van der Waals surface area contributed by atoms with Gasteiger partial charge in [0.2, 0.25) is 0 Å². The lowest BCUT2D eigenvalue weighted by Crippen LogP contribution is -2.10. The van der Waals surface area contributed by atoms with Crippen LogP contribution in [-0.4, -0.2) is 18.7 Å². The summed E-state index contributed by atoms with van der Waals surface area (Å²) in [5.74, 6) is 0. The van der Waals surface area contributed by atoms with Gasteiger partial charge >= 0.3 is 0 Å². The molecule has 0 bridgehead atoms. The van der Waals surface area contributed by atoms with Crippen molar-refractivity contribution in [2.45, 2.75) is 13.3 Å². The van der Waals surface area contributed by atoms with Crippen molar-refractivity contribution in [3.63, 3.8) is 0 Å². The molecule has 57 heavy (non-hydrogen) atoms. The van der Waals surface area contributed by atoms with Gasteiger partial charge < -0.3 is 9.47 Å². The monoisotopic (exact) mass is 748 g/mol. The zero-order valence-electron chi connectivity index (χ0n) is 32.3. The van der Waals surface area contributed by atoms with Gasteiger partial charge in [-0.2, -0.15) is 0 Å². The first-order valence-corrected chi connectivity index (χ1v) is 20.7. The highest BCUT2D eigenvalue weighted by Gasteiger charge is 2.22. The fourth-order valence-corrected chi connectivity index (χ4v) is 10.4. The van der Waals surface area contributed by atoms with E-state index in [1.165, 1.54) is 114 Å². The molecule has 0 saturated carbocycles. The fraction of sp³-hybridized carbons (Fsp3) is 0.0741. The third kappa shape index (κ3) is 5.30. The lowest BCUT2D eigenvalue weighted by molar-refractivity contribution is 1.06. The topological polar surface area (TPSA) is 8.17 Å². The number of hydrogen-bond donors (Lipinski definition) is 0. The van der Waals surface area contributed by atoms with E-state index in [9.17, 15) is 0 Å². The number of para-hydroxylation sites is 2. The van der Waals surface area contributed by atoms with Crippen molar-refractivity contribution < 1.29 is 0 Å². The van der Waals surface area contributed by atoms with Crippen LogP contribution in [-0.2, 0) is 6.42 Å². The summed E-state index contributed by atoms with van der Waals surface area (Å²) in [5, 5.41) is 10.5. The van der Waals surface area contributed by atoms with Crippen molar-refractivity contribution in [1.29, 1.82) is 0 Å². The molecule has 0 unspecified atom stereocenters. The number of aromatic nitrogens is 1. The largest absolute Gasteiger partial charge is 0.377 e. The molecule has 0 amide bonds. The standard InChI is InChI=1S/C44H25NS.C10H15N/c1-2-9-32-31(8-1)36-13-7-12-35-30(20-21-37(32)44(35)36)26-16-18-29(19-17-26)45-40-14-5-3-10-33(40)38-22-27-23-39-34-11-4-6-15-42(34)46-43(39)25-28(27)24-41(38)45;1-4-9-7-5-6-8-10(9)11(2)3/h1-25H;5-8H,4H2,1-3H3. The average molecular weight is 749 g/mol. The van der Waals surface area contributed by atoms with E-state index >= 15 is 0 Å². The second kappa shape index (κ2) is 13.2. The smallest absolute Gasteiger partial charge is 0.0547 e. The quantitative estimate of drug-likeness (QED) is 0.174. The van der Waals surface area contributed by atoms with Gasteiger partial charge in [0.15, 0.2) is 0 Å². The second-order valence-electron chi connectivity index (χ2n) is 15.4. The van der Waals surface area contributed by atoms with E-state index in [2.05, 4.69) is 206 Å². The molecule has 9 aromatic carbocycles. The van der Waals surface area contributed by atoms with Crippen LogP contribution >= 0.6 is 11.3 Å². The van der Waals surface area contributed by atoms with E-state index in [0.717, 1.165) is 6.42 Å². The van der Waals surface area contributed by atoms with Gasteiger partial charge in [-0.1, -0.05) is 128 Å². The summed E-state index contributed by atoms with van der Waals surface area (Å²) in [5.41, 5.74) is 14.3.